The number of nitrogens with one attached hydrogen (secondary N) is 1. The zero-order valence-corrected chi connectivity index (χ0v) is 10.6. The normalized spacial score (nSPS) is 24.3. The summed E-state index contributed by atoms with van der Waals surface area (Å²) >= 11 is 0. The molecule has 0 radical (unpaired) electrons. The van der Waals surface area contributed by atoms with Gasteiger partial charge in [0.25, 0.3) is 5.56 Å². The number of aliphatic hydroxyl groups is 1. The number of nitrogens with zero attached hydrogens (tertiary/aromatic N) is 2. The lowest BCUT2D eigenvalue weighted by molar-refractivity contribution is 0.0449. The summed E-state index contributed by atoms with van der Waals surface area (Å²) in [5, 5.41) is 10.0. The molecule has 0 aliphatic carbocycles. The Bertz CT molecular complexity index is 573. The predicted octanol–water partition coefficient (Wildman–Crippen LogP) is -0.993. The van der Waals surface area contributed by atoms with Crippen LogP contribution in [0, 0.1) is 0 Å². The molecule has 1 aliphatic heterocycles. The standard InChI is InChI=1S/C11H18N4O3/c1-11(18)4-3-5-15(6-11)7-8(12)14(2)10(17)13-9(7)16/h18H,3-6,12H2,1-2H3,(H,13,16,17). The van der Waals surface area contributed by atoms with Gasteiger partial charge in [-0.3, -0.25) is 14.3 Å². The quantitative estimate of drug-likeness (QED) is 0.596. The molecule has 1 unspecified atom stereocenters. The van der Waals surface area contributed by atoms with Gasteiger partial charge in [0.15, 0.2) is 0 Å². The second-order valence-electron chi connectivity index (χ2n) is 5.07. The number of hydrogen-bond acceptors (Lipinski definition) is 5. The highest BCUT2D eigenvalue weighted by molar-refractivity contribution is 5.62. The van der Waals surface area contributed by atoms with Crippen molar-refractivity contribution in [2.45, 2.75) is 25.4 Å². The smallest absolute Gasteiger partial charge is 0.329 e. The number of aromatic nitrogens is 2. The van der Waals surface area contributed by atoms with Crippen molar-refractivity contribution < 1.29 is 5.11 Å². The number of nitrogen functional groups attached to an aromatic ring is 1. The summed E-state index contributed by atoms with van der Waals surface area (Å²) in [5.41, 5.74) is 4.20. The number of aromatic amines is 1. The fourth-order valence-corrected chi connectivity index (χ4v) is 2.34. The molecule has 0 bridgehead atoms. The Morgan fingerprint density at radius 1 is 1.44 bits per heavy atom. The van der Waals surface area contributed by atoms with E-state index < -0.39 is 16.9 Å². The molecule has 1 atom stereocenters. The van der Waals surface area contributed by atoms with Crippen molar-refractivity contribution in [3.05, 3.63) is 20.8 Å². The van der Waals surface area contributed by atoms with Gasteiger partial charge in [-0.25, -0.2) is 4.79 Å². The van der Waals surface area contributed by atoms with Crippen molar-refractivity contribution in [3.8, 4) is 0 Å². The second-order valence-corrected chi connectivity index (χ2v) is 5.07. The molecule has 0 amide bonds. The van der Waals surface area contributed by atoms with Crippen molar-refractivity contribution in [1.29, 1.82) is 0 Å². The van der Waals surface area contributed by atoms with E-state index in [1.165, 1.54) is 11.6 Å². The van der Waals surface area contributed by atoms with Gasteiger partial charge in [0.05, 0.1) is 5.60 Å². The summed E-state index contributed by atoms with van der Waals surface area (Å²) < 4.78 is 1.19. The summed E-state index contributed by atoms with van der Waals surface area (Å²) in [7, 11) is 1.50. The molecule has 0 saturated carbocycles. The molecule has 1 aliphatic rings. The topological polar surface area (TPSA) is 104 Å². The van der Waals surface area contributed by atoms with E-state index in [0.717, 1.165) is 6.42 Å². The van der Waals surface area contributed by atoms with Gasteiger partial charge in [0, 0.05) is 20.1 Å². The molecule has 1 fully saturated rings. The Morgan fingerprint density at radius 3 is 2.72 bits per heavy atom. The fourth-order valence-electron chi connectivity index (χ4n) is 2.34. The summed E-state index contributed by atoms with van der Waals surface area (Å²) in [6, 6.07) is 0. The Kier molecular flexibility index (Phi) is 2.94. The van der Waals surface area contributed by atoms with Crippen LogP contribution in [0.1, 0.15) is 19.8 Å². The predicted molar refractivity (Wildman–Crippen MR) is 68.8 cm³/mol. The number of piperidine rings is 1. The highest BCUT2D eigenvalue weighted by atomic mass is 16.3. The van der Waals surface area contributed by atoms with Crippen LogP contribution >= 0.6 is 0 Å². The van der Waals surface area contributed by atoms with Crippen molar-refractivity contribution in [2.24, 2.45) is 7.05 Å². The van der Waals surface area contributed by atoms with Crippen LogP contribution in [0.15, 0.2) is 9.59 Å². The minimum Gasteiger partial charge on any atom is -0.388 e. The zero-order valence-electron chi connectivity index (χ0n) is 10.6. The number of rotatable bonds is 1. The lowest BCUT2D eigenvalue weighted by Crippen LogP contribution is -2.49. The largest absolute Gasteiger partial charge is 0.388 e. The van der Waals surface area contributed by atoms with Crippen molar-refractivity contribution in [1.82, 2.24) is 9.55 Å². The van der Waals surface area contributed by atoms with Crippen molar-refractivity contribution in [3.63, 3.8) is 0 Å². The average Bonchev–Trinajstić information content (AvgIpc) is 2.25. The SMILES string of the molecule is Cn1c(N)c(N2CCCC(C)(O)C2)c(=O)[nH]c1=O. The van der Waals surface area contributed by atoms with Gasteiger partial charge in [0.1, 0.15) is 11.5 Å². The number of nitrogens with two attached hydrogens (primary N) is 1. The third kappa shape index (κ3) is 2.13. The number of anilines is 2. The maximum Gasteiger partial charge on any atom is 0.329 e. The molecule has 7 heteroatoms. The minimum atomic E-state index is -0.841. The fraction of sp³-hybridized carbons (Fsp3) is 0.636. The zero-order chi connectivity index (χ0) is 13.5. The molecule has 1 aromatic rings. The van der Waals surface area contributed by atoms with Gasteiger partial charge >= 0.3 is 5.69 Å². The first-order valence-electron chi connectivity index (χ1n) is 5.88. The summed E-state index contributed by atoms with van der Waals surface area (Å²) in [4.78, 5) is 27.2. The highest BCUT2D eigenvalue weighted by Gasteiger charge is 2.31. The van der Waals surface area contributed by atoms with Crippen molar-refractivity contribution in [2.75, 3.05) is 23.7 Å². The third-order valence-electron chi connectivity index (χ3n) is 3.34. The van der Waals surface area contributed by atoms with E-state index in [0.29, 0.717) is 19.5 Å². The summed E-state index contributed by atoms with van der Waals surface area (Å²) in [5.74, 6) is 0.126. The van der Waals surface area contributed by atoms with Crippen LogP contribution in [0.4, 0.5) is 11.5 Å². The average molecular weight is 254 g/mol. The van der Waals surface area contributed by atoms with E-state index in [4.69, 9.17) is 5.73 Å². The van der Waals surface area contributed by atoms with Crippen LogP contribution in [-0.4, -0.2) is 33.3 Å². The molecule has 4 N–H and O–H groups in total. The molecule has 0 spiro atoms. The first-order chi connectivity index (χ1) is 8.32. The highest BCUT2D eigenvalue weighted by Crippen LogP contribution is 2.25. The molecule has 2 rings (SSSR count). The van der Waals surface area contributed by atoms with Crippen LogP contribution < -0.4 is 21.9 Å². The van der Waals surface area contributed by atoms with Crippen LogP contribution in [0.25, 0.3) is 0 Å². The third-order valence-corrected chi connectivity index (χ3v) is 3.34. The van der Waals surface area contributed by atoms with E-state index in [1.807, 2.05) is 0 Å². The van der Waals surface area contributed by atoms with E-state index >= 15 is 0 Å². The molecule has 1 saturated heterocycles. The lowest BCUT2D eigenvalue weighted by Gasteiger charge is -2.38. The van der Waals surface area contributed by atoms with Gasteiger partial charge in [-0.1, -0.05) is 0 Å². The van der Waals surface area contributed by atoms with Gasteiger partial charge in [0.2, 0.25) is 0 Å². The number of β-amino-alcohol motifs (C(OH)–C–C–N with tert-alkyl or cyclic N) is 1. The van der Waals surface area contributed by atoms with Gasteiger partial charge in [-0.2, -0.15) is 0 Å². The molecule has 7 nitrogen and oxygen atoms in total. The van der Waals surface area contributed by atoms with E-state index in [2.05, 4.69) is 4.98 Å². The number of hydrogen-bond donors (Lipinski definition) is 3. The van der Waals surface area contributed by atoms with E-state index in [-0.39, 0.29) is 11.5 Å². The first-order valence-corrected chi connectivity index (χ1v) is 5.88. The maximum atomic E-state index is 11.9. The van der Waals surface area contributed by atoms with E-state index in [1.54, 1.807) is 11.8 Å². The molecular formula is C11H18N4O3. The maximum absolute atomic E-state index is 11.9. The molecule has 100 valence electrons. The Labute approximate surface area is 104 Å². The first kappa shape index (κ1) is 12.7. The Balaban J connectivity index is 2.49. The minimum absolute atomic E-state index is 0.126. The molecular weight excluding hydrogens is 236 g/mol. The van der Waals surface area contributed by atoms with Crippen LogP contribution in [-0.2, 0) is 7.05 Å². The molecule has 0 aromatic carbocycles. The molecule has 18 heavy (non-hydrogen) atoms. The van der Waals surface area contributed by atoms with Crippen LogP contribution in [0.3, 0.4) is 0 Å². The summed E-state index contributed by atoms with van der Waals surface area (Å²) in [6.45, 7) is 2.70. The second kappa shape index (κ2) is 4.16. The lowest BCUT2D eigenvalue weighted by atomic mass is 9.95. The van der Waals surface area contributed by atoms with Crippen molar-refractivity contribution >= 4 is 11.5 Å². The van der Waals surface area contributed by atoms with Gasteiger partial charge in [-0.15, -0.1) is 0 Å². The van der Waals surface area contributed by atoms with Gasteiger partial charge in [-0.05, 0) is 19.8 Å². The van der Waals surface area contributed by atoms with Crippen LogP contribution in [0.2, 0.25) is 0 Å². The summed E-state index contributed by atoms with van der Waals surface area (Å²) in [6.07, 6.45) is 1.46. The van der Waals surface area contributed by atoms with Crippen LogP contribution in [0.5, 0.6) is 0 Å². The van der Waals surface area contributed by atoms with Gasteiger partial charge < -0.3 is 15.7 Å². The Hall–Kier alpha value is -1.76. The Morgan fingerprint density at radius 2 is 2.11 bits per heavy atom. The molecule has 2 heterocycles. The number of H-pyrrole nitrogens is 1. The molecule has 1 aromatic heterocycles. The monoisotopic (exact) mass is 254 g/mol. The van der Waals surface area contributed by atoms with E-state index in [9.17, 15) is 14.7 Å².